The van der Waals surface area contributed by atoms with Crippen LogP contribution < -0.4 is 0 Å². The van der Waals surface area contributed by atoms with Crippen LogP contribution in [0.3, 0.4) is 0 Å². The number of carboxylic acid groups (broad SMARTS) is 1. The first-order valence-corrected chi connectivity index (χ1v) is 5.84. The molecule has 0 amide bonds. The Labute approximate surface area is 90.1 Å². The largest absolute Gasteiger partial charge is 0.481 e. The molecular formula is C7H11F3O5S. The first-order chi connectivity index (χ1) is 7.04. The summed E-state index contributed by atoms with van der Waals surface area (Å²) >= 11 is 0. The molecule has 0 spiro atoms. The molecule has 9 heteroatoms. The molecule has 1 unspecified atom stereocenters. The summed E-state index contributed by atoms with van der Waals surface area (Å²) in [4.78, 5) is 10.2. The van der Waals surface area contributed by atoms with Gasteiger partial charge in [0, 0.05) is 0 Å². The van der Waals surface area contributed by atoms with Crippen molar-refractivity contribution in [2.75, 3.05) is 12.5 Å². The topological polar surface area (TPSA) is 80.7 Å². The third-order valence-corrected chi connectivity index (χ3v) is 3.48. The van der Waals surface area contributed by atoms with Crippen LogP contribution in [0.1, 0.15) is 13.3 Å². The molecule has 96 valence electrons. The summed E-state index contributed by atoms with van der Waals surface area (Å²) in [5.41, 5.74) is 0. The molecule has 0 aromatic heterocycles. The smallest absolute Gasteiger partial charge is 0.411 e. The standard InChI is InChI=1S/C7H11F3O5S/c1-5(2-6(11)12)16(13,14)4-15-3-7(8,9)10/h5H,2-4H2,1H3,(H,11,12). The van der Waals surface area contributed by atoms with Crippen LogP contribution in [0.25, 0.3) is 0 Å². The molecule has 5 nitrogen and oxygen atoms in total. The molecule has 1 N–H and O–H groups in total. The van der Waals surface area contributed by atoms with Gasteiger partial charge in [-0.1, -0.05) is 0 Å². The number of sulfone groups is 1. The van der Waals surface area contributed by atoms with E-state index in [-0.39, 0.29) is 0 Å². The number of hydrogen-bond donors (Lipinski definition) is 1. The van der Waals surface area contributed by atoms with E-state index in [0.29, 0.717) is 0 Å². The number of rotatable bonds is 6. The predicted octanol–water partition coefficient (Wildman–Crippen LogP) is 0.801. The van der Waals surface area contributed by atoms with Gasteiger partial charge in [0.25, 0.3) is 0 Å². The van der Waals surface area contributed by atoms with Crippen molar-refractivity contribution in [3.05, 3.63) is 0 Å². The van der Waals surface area contributed by atoms with Crippen LogP contribution in [0.5, 0.6) is 0 Å². The molecule has 0 fully saturated rings. The first kappa shape index (κ1) is 15.2. The lowest BCUT2D eigenvalue weighted by Crippen LogP contribution is -2.27. The third kappa shape index (κ3) is 6.62. The second kappa shape index (κ2) is 5.48. The van der Waals surface area contributed by atoms with Crippen molar-refractivity contribution < 1.29 is 36.2 Å². The zero-order valence-electron chi connectivity index (χ0n) is 8.32. The molecule has 0 aliphatic heterocycles. The lowest BCUT2D eigenvalue weighted by Gasteiger charge is -2.12. The summed E-state index contributed by atoms with van der Waals surface area (Å²) < 4.78 is 61.2. The highest BCUT2D eigenvalue weighted by Crippen LogP contribution is 2.15. The second-order valence-electron chi connectivity index (χ2n) is 3.15. The van der Waals surface area contributed by atoms with E-state index in [2.05, 4.69) is 4.74 Å². The Balaban J connectivity index is 4.20. The number of halogens is 3. The summed E-state index contributed by atoms with van der Waals surface area (Å²) in [7, 11) is -3.98. The van der Waals surface area contributed by atoms with Crippen LogP contribution in [0, 0.1) is 0 Å². The summed E-state index contributed by atoms with van der Waals surface area (Å²) in [5, 5.41) is 7.04. The van der Waals surface area contributed by atoms with Gasteiger partial charge >= 0.3 is 12.1 Å². The van der Waals surface area contributed by atoms with E-state index >= 15 is 0 Å². The second-order valence-corrected chi connectivity index (χ2v) is 5.52. The van der Waals surface area contributed by atoms with E-state index in [4.69, 9.17) is 5.11 Å². The Hall–Kier alpha value is -0.830. The number of carbonyl (C=O) groups is 1. The highest BCUT2D eigenvalue weighted by molar-refractivity contribution is 7.91. The van der Waals surface area contributed by atoms with Gasteiger partial charge in [-0.25, -0.2) is 8.42 Å². The molecule has 0 saturated carbocycles. The zero-order valence-corrected chi connectivity index (χ0v) is 9.14. The van der Waals surface area contributed by atoms with Gasteiger partial charge in [0.05, 0.1) is 11.7 Å². The number of alkyl halides is 3. The number of aliphatic carboxylic acids is 1. The molecule has 0 aromatic carbocycles. The van der Waals surface area contributed by atoms with Crippen molar-refractivity contribution in [3.63, 3.8) is 0 Å². The quantitative estimate of drug-likeness (QED) is 0.767. The van der Waals surface area contributed by atoms with Gasteiger partial charge in [0.15, 0.2) is 9.84 Å². The van der Waals surface area contributed by atoms with E-state index in [0.717, 1.165) is 6.92 Å². The minimum absolute atomic E-state index is 0.669. The molecule has 0 aromatic rings. The van der Waals surface area contributed by atoms with Gasteiger partial charge in [0.1, 0.15) is 12.5 Å². The van der Waals surface area contributed by atoms with Crippen LogP contribution in [-0.2, 0) is 19.4 Å². The lowest BCUT2D eigenvalue weighted by molar-refractivity contribution is -0.169. The van der Waals surface area contributed by atoms with Crippen molar-refractivity contribution in [2.24, 2.45) is 0 Å². The van der Waals surface area contributed by atoms with Gasteiger partial charge in [-0.3, -0.25) is 4.79 Å². The fraction of sp³-hybridized carbons (Fsp3) is 0.857. The Morgan fingerprint density at radius 1 is 1.44 bits per heavy atom. The Morgan fingerprint density at radius 2 is 1.94 bits per heavy atom. The van der Waals surface area contributed by atoms with Gasteiger partial charge in [-0.2, -0.15) is 13.2 Å². The van der Waals surface area contributed by atoms with Crippen LogP contribution in [0.15, 0.2) is 0 Å². The maximum Gasteiger partial charge on any atom is 0.411 e. The maximum atomic E-state index is 11.6. The Bertz CT molecular complexity index is 334. The third-order valence-electron chi connectivity index (χ3n) is 1.59. The number of carboxylic acids is 1. The van der Waals surface area contributed by atoms with Crippen molar-refractivity contribution in [1.82, 2.24) is 0 Å². The minimum atomic E-state index is -4.61. The molecule has 0 saturated heterocycles. The summed E-state index contributed by atoms with van der Waals surface area (Å²) in [6.45, 7) is -0.577. The van der Waals surface area contributed by atoms with E-state index in [1.165, 1.54) is 0 Å². The fourth-order valence-electron chi connectivity index (χ4n) is 0.763. The van der Waals surface area contributed by atoms with Crippen LogP contribution in [0.4, 0.5) is 13.2 Å². The summed E-state index contributed by atoms with van der Waals surface area (Å²) in [5.74, 6) is -2.48. The first-order valence-electron chi connectivity index (χ1n) is 4.12. The van der Waals surface area contributed by atoms with E-state index < -0.39 is 46.2 Å². The maximum absolute atomic E-state index is 11.6. The van der Waals surface area contributed by atoms with Gasteiger partial charge in [-0.05, 0) is 6.92 Å². The Morgan fingerprint density at radius 3 is 2.31 bits per heavy atom. The van der Waals surface area contributed by atoms with E-state index in [9.17, 15) is 26.4 Å². The molecule has 0 heterocycles. The van der Waals surface area contributed by atoms with Crippen molar-refractivity contribution in [2.45, 2.75) is 24.8 Å². The summed E-state index contributed by atoms with van der Waals surface area (Å²) in [6, 6.07) is 0. The molecule has 0 aliphatic carbocycles. The normalized spacial score (nSPS) is 14.8. The SMILES string of the molecule is CC(CC(=O)O)S(=O)(=O)COCC(F)(F)F. The molecule has 0 radical (unpaired) electrons. The molecule has 1 atom stereocenters. The monoisotopic (exact) mass is 264 g/mol. The molecule has 0 aliphatic rings. The van der Waals surface area contributed by atoms with E-state index in [1.54, 1.807) is 0 Å². The highest BCUT2D eigenvalue weighted by atomic mass is 32.2. The van der Waals surface area contributed by atoms with Crippen molar-refractivity contribution >= 4 is 15.8 Å². The fourth-order valence-corrected chi connectivity index (χ4v) is 1.71. The predicted molar refractivity (Wildman–Crippen MR) is 47.5 cm³/mol. The number of hydrogen-bond acceptors (Lipinski definition) is 4. The van der Waals surface area contributed by atoms with Crippen molar-refractivity contribution in [1.29, 1.82) is 0 Å². The van der Waals surface area contributed by atoms with Crippen LogP contribution in [-0.4, -0.2) is 43.5 Å². The average Bonchev–Trinajstić information content (AvgIpc) is 1.99. The van der Waals surface area contributed by atoms with E-state index in [1.807, 2.05) is 0 Å². The van der Waals surface area contributed by atoms with Gasteiger partial charge < -0.3 is 9.84 Å². The van der Waals surface area contributed by atoms with Gasteiger partial charge in [0.2, 0.25) is 0 Å². The molecule has 16 heavy (non-hydrogen) atoms. The zero-order chi connectivity index (χ0) is 13.0. The van der Waals surface area contributed by atoms with Gasteiger partial charge in [-0.15, -0.1) is 0 Å². The number of ether oxygens (including phenoxy) is 1. The summed E-state index contributed by atoms with van der Waals surface area (Å²) in [6.07, 6.45) is -5.27. The highest BCUT2D eigenvalue weighted by Gasteiger charge is 2.30. The minimum Gasteiger partial charge on any atom is -0.481 e. The van der Waals surface area contributed by atoms with Crippen LogP contribution in [0.2, 0.25) is 0 Å². The lowest BCUT2D eigenvalue weighted by atomic mass is 10.3. The molecule has 0 rings (SSSR count). The van der Waals surface area contributed by atoms with Crippen molar-refractivity contribution in [3.8, 4) is 0 Å². The Kier molecular flexibility index (Phi) is 5.20. The van der Waals surface area contributed by atoms with Crippen LogP contribution >= 0.6 is 0 Å². The molecular weight excluding hydrogens is 253 g/mol. The average molecular weight is 264 g/mol. The molecule has 0 bridgehead atoms.